The van der Waals surface area contributed by atoms with Gasteiger partial charge >= 0.3 is 0 Å². The van der Waals surface area contributed by atoms with Gasteiger partial charge in [-0.3, -0.25) is 4.57 Å². The van der Waals surface area contributed by atoms with E-state index in [2.05, 4.69) is 71.4 Å². The Balaban J connectivity index is 1.48. The number of hydrogen-bond acceptors (Lipinski definition) is 4. The first-order valence-corrected chi connectivity index (χ1v) is 13.4. The zero-order chi connectivity index (χ0) is 21.7. The Bertz CT molecular complexity index is 916. The third-order valence-corrected chi connectivity index (χ3v) is 6.80. The number of nitrogens with one attached hydrogen (secondary N) is 1. The maximum atomic E-state index is 10.8. The van der Waals surface area contributed by atoms with Crippen molar-refractivity contribution >= 4 is 19.4 Å². The molecule has 4 nitrogen and oxygen atoms in total. The molecular weight excluding hydrogens is 425 g/mol. The largest absolute Gasteiger partial charge is 0.493 e. The average Bonchev–Trinajstić information content (AvgIpc) is 3.32. The highest BCUT2D eigenvalue weighted by molar-refractivity contribution is 7.37. The van der Waals surface area contributed by atoms with Gasteiger partial charge in [0.05, 0.1) is 6.61 Å². The van der Waals surface area contributed by atoms with E-state index in [-0.39, 0.29) is 0 Å². The van der Waals surface area contributed by atoms with Gasteiger partial charge < -0.3 is 14.9 Å². The Morgan fingerprint density at radius 2 is 1.81 bits per heavy atom. The van der Waals surface area contributed by atoms with Gasteiger partial charge in [0.2, 0.25) is 0 Å². The van der Waals surface area contributed by atoms with Gasteiger partial charge in [0.1, 0.15) is 5.75 Å². The summed E-state index contributed by atoms with van der Waals surface area (Å²) in [5.41, 5.74) is 3.73. The summed E-state index contributed by atoms with van der Waals surface area (Å²) in [5.74, 6) is 0.938. The Morgan fingerprint density at radius 3 is 2.58 bits per heavy atom. The molecule has 0 spiro atoms. The van der Waals surface area contributed by atoms with Gasteiger partial charge in [-0.25, -0.2) is 0 Å². The zero-order valence-electron chi connectivity index (χ0n) is 17.9. The summed E-state index contributed by atoms with van der Waals surface area (Å²) in [4.78, 5) is 10.1. The van der Waals surface area contributed by atoms with Gasteiger partial charge in [-0.1, -0.05) is 42.5 Å². The molecule has 31 heavy (non-hydrogen) atoms. The SMILES string of the molecule is O=[PH](O)CCCNCc1ccc(OCCCCCc2ccccc2)c(-c2cccs2)c1. The number of aryl methyl sites for hydroxylation is 1. The molecule has 2 N–H and O–H groups in total. The fourth-order valence-corrected chi connectivity index (χ4v) is 4.70. The molecule has 1 heterocycles. The summed E-state index contributed by atoms with van der Waals surface area (Å²) in [5, 5.41) is 5.45. The molecule has 6 heteroatoms. The highest BCUT2D eigenvalue weighted by Crippen LogP contribution is 2.34. The summed E-state index contributed by atoms with van der Waals surface area (Å²) in [6, 6.07) is 21.2. The fourth-order valence-electron chi connectivity index (χ4n) is 3.47. The van der Waals surface area contributed by atoms with Crippen LogP contribution in [0.2, 0.25) is 0 Å². The molecule has 0 bridgehead atoms. The van der Waals surface area contributed by atoms with Crippen molar-refractivity contribution in [3.63, 3.8) is 0 Å². The normalized spacial score (nSPS) is 12.0. The van der Waals surface area contributed by atoms with Crippen molar-refractivity contribution in [2.45, 2.75) is 38.6 Å². The van der Waals surface area contributed by atoms with Crippen molar-refractivity contribution in [2.75, 3.05) is 19.3 Å². The lowest BCUT2D eigenvalue weighted by molar-refractivity contribution is 0.306. The molecule has 1 aromatic heterocycles. The van der Waals surface area contributed by atoms with E-state index in [0.717, 1.165) is 56.7 Å². The van der Waals surface area contributed by atoms with Crippen molar-refractivity contribution in [3.8, 4) is 16.2 Å². The van der Waals surface area contributed by atoms with Crippen LogP contribution < -0.4 is 10.1 Å². The van der Waals surface area contributed by atoms with E-state index >= 15 is 0 Å². The van der Waals surface area contributed by atoms with Crippen molar-refractivity contribution in [2.24, 2.45) is 0 Å². The molecule has 0 aliphatic carbocycles. The molecule has 0 saturated heterocycles. The van der Waals surface area contributed by atoms with Crippen molar-refractivity contribution in [3.05, 3.63) is 77.2 Å². The van der Waals surface area contributed by atoms with Gasteiger partial charge in [0.15, 0.2) is 8.03 Å². The van der Waals surface area contributed by atoms with Gasteiger partial charge in [0.25, 0.3) is 0 Å². The number of ether oxygens (including phenoxy) is 1. The van der Waals surface area contributed by atoms with Crippen LogP contribution in [0.5, 0.6) is 5.75 Å². The molecule has 0 aliphatic rings. The van der Waals surface area contributed by atoms with E-state index in [1.807, 2.05) is 0 Å². The van der Waals surface area contributed by atoms with Crippen LogP contribution in [-0.2, 0) is 17.5 Å². The van der Waals surface area contributed by atoms with E-state index in [0.29, 0.717) is 6.16 Å². The number of hydrogen-bond donors (Lipinski definition) is 2. The lowest BCUT2D eigenvalue weighted by Gasteiger charge is -2.13. The molecule has 0 saturated carbocycles. The zero-order valence-corrected chi connectivity index (χ0v) is 19.7. The van der Waals surface area contributed by atoms with Crippen LogP contribution in [0.1, 0.15) is 36.8 Å². The molecule has 1 unspecified atom stereocenters. The Labute approximate surface area is 190 Å². The predicted octanol–water partition coefficient (Wildman–Crippen LogP) is 6.15. The molecular formula is C25H32NO3PS. The Kier molecular flexibility index (Phi) is 10.3. The van der Waals surface area contributed by atoms with Crippen LogP contribution in [0.15, 0.2) is 66.0 Å². The van der Waals surface area contributed by atoms with Crippen LogP contribution in [0.4, 0.5) is 0 Å². The maximum absolute atomic E-state index is 10.8. The minimum absolute atomic E-state index is 0.385. The van der Waals surface area contributed by atoms with E-state index in [9.17, 15) is 4.57 Å². The van der Waals surface area contributed by atoms with Crippen LogP contribution >= 0.6 is 19.4 Å². The second kappa shape index (κ2) is 13.5. The fraction of sp³-hybridized carbons (Fsp3) is 0.360. The number of unbranched alkanes of at least 4 members (excludes halogenated alkanes) is 2. The highest BCUT2D eigenvalue weighted by Gasteiger charge is 2.09. The molecule has 166 valence electrons. The molecule has 3 aromatic rings. The quantitative estimate of drug-likeness (QED) is 0.225. The second-order valence-corrected chi connectivity index (χ2v) is 9.86. The van der Waals surface area contributed by atoms with Gasteiger partial charge in [0, 0.05) is 23.1 Å². The first kappa shape index (κ1) is 23.7. The summed E-state index contributed by atoms with van der Waals surface area (Å²) < 4.78 is 17.0. The molecule has 0 aliphatic heterocycles. The first-order chi connectivity index (χ1) is 15.2. The standard InChI is InChI=1S/C25H32NO3PS/c27-30(28)17-8-15-26-20-22-13-14-24(23(19-22)25-12-7-18-31-25)29-16-6-2-5-11-21-9-3-1-4-10-21/h1,3-4,7,9-10,12-14,18-19,26,30H,2,5-6,8,11,15-17,20H2,(H,27,28). The monoisotopic (exact) mass is 457 g/mol. The van der Waals surface area contributed by atoms with Gasteiger partial charge in [-0.15, -0.1) is 11.3 Å². The van der Waals surface area contributed by atoms with Crippen LogP contribution in [0.25, 0.3) is 10.4 Å². The predicted molar refractivity (Wildman–Crippen MR) is 132 cm³/mol. The minimum atomic E-state index is -2.35. The smallest absolute Gasteiger partial charge is 0.189 e. The summed E-state index contributed by atoms with van der Waals surface area (Å²) in [6.45, 7) is 2.21. The van der Waals surface area contributed by atoms with E-state index < -0.39 is 8.03 Å². The number of rotatable bonds is 14. The van der Waals surface area contributed by atoms with Crippen molar-refractivity contribution in [1.29, 1.82) is 0 Å². The van der Waals surface area contributed by atoms with Crippen molar-refractivity contribution < 1.29 is 14.2 Å². The summed E-state index contributed by atoms with van der Waals surface area (Å²) >= 11 is 1.72. The average molecular weight is 458 g/mol. The van der Waals surface area contributed by atoms with E-state index in [4.69, 9.17) is 9.63 Å². The van der Waals surface area contributed by atoms with Crippen LogP contribution in [0.3, 0.4) is 0 Å². The van der Waals surface area contributed by atoms with Crippen LogP contribution in [0, 0.1) is 0 Å². The first-order valence-electron chi connectivity index (χ1n) is 11.0. The van der Waals surface area contributed by atoms with E-state index in [1.165, 1.54) is 22.4 Å². The Morgan fingerprint density at radius 1 is 0.935 bits per heavy atom. The molecule has 1 atom stereocenters. The molecule has 0 fully saturated rings. The lowest BCUT2D eigenvalue weighted by atomic mass is 10.1. The highest BCUT2D eigenvalue weighted by atomic mass is 32.1. The Hall–Kier alpha value is -1.91. The third-order valence-electron chi connectivity index (χ3n) is 5.11. The number of benzene rings is 2. The molecule has 0 amide bonds. The van der Waals surface area contributed by atoms with Gasteiger partial charge in [-0.2, -0.15) is 0 Å². The molecule has 2 aromatic carbocycles. The molecule has 0 radical (unpaired) electrons. The minimum Gasteiger partial charge on any atom is -0.493 e. The summed E-state index contributed by atoms with van der Waals surface area (Å²) in [6.07, 6.45) is 5.62. The lowest BCUT2D eigenvalue weighted by Crippen LogP contribution is -2.15. The van der Waals surface area contributed by atoms with E-state index in [1.54, 1.807) is 11.3 Å². The maximum Gasteiger partial charge on any atom is 0.189 e. The van der Waals surface area contributed by atoms with Gasteiger partial charge in [-0.05, 0) is 73.4 Å². The third kappa shape index (κ3) is 8.62. The van der Waals surface area contributed by atoms with Crippen LogP contribution in [-0.4, -0.2) is 24.2 Å². The molecule has 3 rings (SSSR count). The summed E-state index contributed by atoms with van der Waals surface area (Å²) in [7, 11) is -2.35. The van der Waals surface area contributed by atoms with Crippen molar-refractivity contribution in [1.82, 2.24) is 5.32 Å². The topological polar surface area (TPSA) is 58.6 Å². The number of thiophene rings is 1. The second-order valence-electron chi connectivity index (χ2n) is 7.63.